The van der Waals surface area contributed by atoms with E-state index in [-0.39, 0.29) is 0 Å². The molecule has 0 fully saturated rings. The highest BCUT2D eigenvalue weighted by Crippen LogP contribution is 2.26. The molecule has 0 unspecified atom stereocenters. The normalized spacial score (nSPS) is 9.71. The van der Waals surface area contributed by atoms with Gasteiger partial charge in [-0.15, -0.1) is 0 Å². The van der Waals surface area contributed by atoms with E-state index in [0.29, 0.717) is 5.56 Å². The summed E-state index contributed by atoms with van der Waals surface area (Å²) in [5.74, 6) is 0.750. The molecular weight excluding hydrogens is 278 g/mol. The highest BCUT2D eigenvalue weighted by molar-refractivity contribution is 9.10. The number of benzene rings is 1. The zero-order valence-electron chi connectivity index (χ0n) is 9.24. The lowest BCUT2D eigenvalue weighted by Crippen LogP contribution is -1.95. The lowest BCUT2D eigenvalue weighted by atomic mass is 10.2. The van der Waals surface area contributed by atoms with Gasteiger partial charge in [-0.2, -0.15) is 5.26 Å². The van der Waals surface area contributed by atoms with Gasteiger partial charge in [-0.25, -0.2) is 4.98 Å². The SMILES string of the molecule is Cc1ccnc(Nc2cccc(C#N)c2)c1Br. The molecule has 0 atom stereocenters. The van der Waals surface area contributed by atoms with Crippen molar-refractivity contribution in [3.8, 4) is 6.07 Å². The Morgan fingerprint density at radius 2 is 2.18 bits per heavy atom. The van der Waals surface area contributed by atoms with Crippen LogP contribution in [0.2, 0.25) is 0 Å². The molecule has 2 aromatic rings. The van der Waals surface area contributed by atoms with Crippen molar-refractivity contribution in [1.29, 1.82) is 5.26 Å². The molecule has 0 bridgehead atoms. The first-order valence-corrected chi connectivity index (χ1v) is 5.88. The fourth-order valence-corrected chi connectivity index (χ4v) is 1.76. The summed E-state index contributed by atoms with van der Waals surface area (Å²) in [5, 5.41) is 12.0. The van der Waals surface area contributed by atoms with Crippen LogP contribution in [-0.4, -0.2) is 4.98 Å². The Balaban J connectivity index is 2.32. The second-order valence-corrected chi connectivity index (χ2v) is 4.40. The highest BCUT2D eigenvalue weighted by Gasteiger charge is 2.04. The van der Waals surface area contributed by atoms with Crippen LogP contribution in [0.15, 0.2) is 41.0 Å². The van der Waals surface area contributed by atoms with Crippen LogP contribution in [0.1, 0.15) is 11.1 Å². The molecule has 0 aliphatic rings. The molecule has 0 aliphatic heterocycles. The van der Waals surface area contributed by atoms with E-state index < -0.39 is 0 Å². The molecule has 17 heavy (non-hydrogen) atoms. The van der Waals surface area contributed by atoms with E-state index in [4.69, 9.17) is 5.26 Å². The van der Waals surface area contributed by atoms with Crippen LogP contribution in [0.5, 0.6) is 0 Å². The Morgan fingerprint density at radius 1 is 1.35 bits per heavy atom. The number of aryl methyl sites for hydroxylation is 1. The Bertz CT molecular complexity index is 587. The average molecular weight is 288 g/mol. The summed E-state index contributed by atoms with van der Waals surface area (Å²) < 4.78 is 0.933. The van der Waals surface area contributed by atoms with Gasteiger partial charge in [0.1, 0.15) is 5.82 Å². The first-order chi connectivity index (χ1) is 8.20. The van der Waals surface area contributed by atoms with Crippen molar-refractivity contribution in [2.24, 2.45) is 0 Å². The maximum atomic E-state index is 8.82. The molecule has 1 aromatic carbocycles. The number of pyridine rings is 1. The Hall–Kier alpha value is -1.86. The van der Waals surface area contributed by atoms with E-state index in [1.54, 1.807) is 18.3 Å². The Morgan fingerprint density at radius 3 is 2.94 bits per heavy atom. The minimum atomic E-state index is 0.624. The molecule has 1 aromatic heterocycles. The van der Waals surface area contributed by atoms with Crippen LogP contribution < -0.4 is 5.32 Å². The van der Waals surface area contributed by atoms with Crippen molar-refractivity contribution < 1.29 is 0 Å². The predicted molar refractivity (Wildman–Crippen MR) is 71.1 cm³/mol. The molecule has 0 radical (unpaired) electrons. The first kappa shape index (κ1) is 11.6. The second kappa shape index (κ2) is 4.98. The largest absolute Gasteiger partial charge is 0.339 e. The van der Waals surface area contributed by atoms with Crippen LogP contribution in [0, 0.1) is 18.3 Å². The molecule has 1 heterocycles. The van der Waals surface area contributed by atoms with Gasteiger partial charge >= 0.3 is 0 Å². The van der Waals surface area contributed by atoms with Crippen LogP contribution >= 0.6 is 15.9 Å². The third-order valence-corrected chi connectivity index (χ3v) is 3.34. The number of nitriles is 1. The summed E-state index contributed by atoms with van der Waals surface area (Å²) in [6.07, 6.45) is 1.75. The number of hydrogen-bond donors (Lipinski definition) is 1. The van der Waals surface area contributed by atoms with Gasteiger partial charge in [-0.3, -0.25) is 0 Å². The van der Waals surface area contributed by atoms with Crippen molar-refractivity contribution >= 4 is 27.4 Å². The monoisotopic (exact) mass is 287 g/mol. The van der Waals surface area contributed by atoms with E-state index in [9.17, 15) is 0 Å². The van der Waals surface area contributed by atoms with Crippen molar-refractivity contribution in [3.05, 3.63) is 52.1 Å². The number of rotatable bonds is 2. The third kappa shape index (κ3) is 2.63. The number of nitrogens with one attached hydrogen (secondary N) is 1. The summed E-state index contributed by atoms with van der Waals surface area (Å²) in [4.78, 5) is 4.25. The van der Waals surface area contributed by atoms with Crippen molar-refractivity contribution in [1.82, 2.24) is 4.98 Å². The number of halogens is 1. The fraction of sp³-hybridized carbons (Fsp3) is 0.0769. The van der Waals surface area contributed by atoms with Crippen molar-refractivity contribution in [2.45, 2.75) is 6.92 Å². The maximum Gasteiger partial charge on any atom is 0.144 e. The molecule has 2 rings (SSSR count). The van der Waals surface area contributed by atoms with Crippen LogP contribution in [0.3, 0.4) is 0 Å². The zero-order valence-corrected chi connectivity index (χ0v) is 10.8. The highest BCUT2D eigenvalue weighted by atomic mass is 79.9. The lowest BCUT2D eigenvalue weighted by molar-refractivity contribution is 1.25. The molecule has 0 saturated heterocycles. The van der Waals surface area contributed by atoms with Crippen LogP contribution in [-0.2, 0) is 0 Å². The molecule has 0 spiro atoms. The minimum absolute atomic E-state index is 0.624. The summed E-state index contributed by atoms with van der Waals surface area (Å²) >= 11 is 3.48. The second-order valence-electron chi connectivity index (χ2n) is 3.61. The first-order valence-electron chi connectivity index (χ1n) is 5.09. The van der Waals surface area contributed by atoms with Gasteiger partial charge in [0, 0.05) is 11.9 Å². The van der Waals surface area contributed by atoms with Gasteiger partial charge in [-0.1, -0.05) is 6.07 Å². The third-order valence-electron chi connectivity index (χ3n) is 2.34. The van der Waals surface area contributed by atoms with Gasteiger partial charge in [0.05, 0.1) is 16.1 Å². The molecule has 84 valence electrons. The molecule has 3 nitrogen and oxygen atoms in total. The van der Waals surface area contributed by atoms with Crippen molar-refractivity contribution in [2.75, 3.05) is 5.32 Å². The van der Waals surface area contributed by atoms with Crippen molar-refractivity contribution in [3.63, 3.8) is 0 Å². The Kier molecular flexibility index (Phi) is 3.40. The quantitative estimate of drug-likeness (QED) is 0.915. The van der Waals surface area contributed by atoms with Gasteiger partial charge in [0.2, 0.25) is 0 Å². The van der Waals surface area contributed by atoms with Gasteiger partial charge in [-0.05, 0) is 52.7 Å². The topological polar surface area (TPSA) is 48.7 Å². The van der Waals surface area contributed by atoms with Gasteiger partial charge in [0.25, 0.3) is 0 Å². The summed E-state index contributed by atoms with van der Waals surface area (Å²) in [6, 6.07) is 11.3. The Labute approximate surface area is 108 Å². The standard InChI is InChI=1S/C13H10BrN3/c1-9-5-6-16-13(12(9)14)17-11-4-2-3-10(7-11)8-15/h2-7H,1H3,(H,16,17). The summed E-state index contributed by atoms with van der Waals surface area (Å²) in [5.41, 5.74) is 2.58. The van der Waals surface area contributed by atoms with Gasteiger partial charge < -0.3 is 5.32 Å². The molecule has 0 saturated carbocycles. The van der Waals surface area contributed by atoms with E-state index in [1.807, 2.05) is 25.1 Å². The molecule has 1 N–H and O–H groups in total. The van der Waals surface area contributed by atoms with E-state index >= 15 is 0 Å². The fourth-order valence-electron chi connectivity index (χ4n) is 1.43. The van der Waals surface area contributed by atoms with Crippen LogP contribution in [0.25, 0.3) is 0 Å². The maximum absolute atomic E-state index is 8.82. The number of hydrogen-bond acceptors (Lipinski definition) is 3. The van der Waals surface area contributed by atoms with E-state index in [2.05, 4.69) is 32.3 Å². The summed E-state index contributed by atoms with van der Waals surface area (Å²) in [6.45, 7) is 2.00. The lowest BCUT2D eigenvalue weighted by Gasteiger charge is -2.09. The predicted octanol–water partition coefficient (Wildman–Crippen LogP) is 3.77. The average Bonchev–Trinajstić information content (AvgIpc) is 2.35. The van der Waals surface area contributed by atoms with Crippen LogP contribution in [0.4, 0.5) is 11.5 Å². The molecule has 0 amide bonds. The number of anilines is 2. The molecule has 0 aliphatic carbocycles. The smallest absolute Gasteiger partial charge is 0.144 e. The zero-order chi connectivity index (χ0) is 12.3. The van der Waals surface area contributed by atoms with Gasteiger partial charge in [0.15, 0.2) is 0 Å². The number of aromatic nitrogens is 1. The summed E-state index contributed by atoms with van der Waals surface area (Å²) in [7, 11) is 0. The molecular formula is C13H10BrN3. The van der Waals surface area contributed by atoms with E-state index in [1.165, 1.54) is 0 Å². The molecule has 4 heteroatoms. The van der Waals surface area contributed by atoms with E-state index in [0.717, 1.165) is 21.5 Å². The number of nitrogens with zero attached hydrogens (tertiary/aromatic N) is 2. The minimum Gasteiger partial charge on any atom is -0.339 e.